The second-order valence-electron chi connectivity index (χ2n) is 6.37. The lowest BCUT2D eigenvalue weighted by atomic mass is 10.0. The Balaban J connectivity index is 1.86. The van der Waals surface area contributed by atoms with Crippen molar-refractivity contribution in [3.05, 3.63) is 35.4 Å². The van der Waals surface area contributed by atoms with Gasteiger partial charge >= 0.3 is 0 Å². The summed E-state index contributed by atoms with van der Waals surface area (Å²) >= 11 is 0. The van der Waals surface area contributed by atoms with E-state index >= 15 is 0 Å². The highest BCUT2D eigenvalue weighted by molar-refractivity contribution is 7.88. The van der Waals surface area contributed by atoms with Crippen molar-refractivity contribution in [2.24, 2.45) is 0 Å². The largest absolute Gasteiger partial charge is 0.341 e. The molecule has 1 heterocycles. The van der Waals surface area contributed by atoms with Crippen LogP contribution in [0.1, 0.15) is 42.1 Å². The molecule has 0 spiro atoms. The average Bonchev–Trinajstić information content (AvgIpc) is 2.85. The highest BCUT2D eigenvalue weighted by atomic mass is 32.2. The lowest BCUT2D eigenvalue weighted by Crippen LogP contribution is -2.37. The normalized spacial score (nSPS) is 16.5. The molecule has 0 bridgehead atoms. The van der Waals surface area contributed by atoms with Crippen LogP contribution >= 0.6 is 0 Å². The molecule has 1 aliphatic rings. The van der Waals surface area contributed by atoms with Gasteiger partial charge in [-0.05, 0) is 18.4 Å². The molecule has 0 unspecified atom stereocenters. The van der Waals surface area contributed by atoms with Crippen LogP contribution in [0.2, 0.25) is 0 Å². The van der Waals surface area contributed by atoms with Gasteiger partial charge in [0.2, 0.25) is 15.9 Å². The van der Waals surface area contributed by atoms with E-state index in [1.165, 1.54) is 16.1 Å². The maximum atomic E-state index is 12.3. The van der Waals surface area contributed by atoms with Crippen LogP contribution in [0.3, 0.4) is 0 Å². The first kappa shape index (κ1) is 19.6. The van der Waals surface area contributed by atoms with Gasteiger partial charge in [0.25, 0.3) is 0 Å². The number of amides is 1. The third-order valence-electron chi connectivity index (χ3n) is 4.53. The summed E-state index contributed by atoms with van der Waals surface area (Å²) in [6.45, 7) is 3.72. The third-order valence-corrected chi connectivity index (χ3v) is 5.83. The van der Waals surface area contributed by atoms with Crippen LogP contribution in [-0.2, 0) is 21.2 Å². The van der Waals surface area contributed by atoms with Crippen LogP contribution in [0.25, 0.3) is 0 Å². The van der Waals surface area contributed by atoms with Gasteiger partial charge in [-0.2, -0.15) is 0 Å². The number of benzene rings is 1. The molecule has 0 N–H and O–H groups in total. The molecule has 1 saturated heterocycles. The molecule has 2 rings (SSSR count). The van der Waals surface area contributed by atoms with Crippen LogP contribution in [-0.4, -0.2) is 61.7 Å². The van der Waals surface area contributed by atoms with E-state index in [0.717, 1.165) is 6.42 Å². The fraction of sp³-hybridized carbons (Fsp3) is 0.556. The molecule has 0 atom stereocenters. The molecule has 138 valence electrons. The maximum Gasteiger partial charge on any atom is 0.223 e. The Morgan fingerprint density at radius 1 is 1.00 bits per heavy atom. The lowest BCUT2D eigenvalue weighted by Gasteiger charge is -2.21. The second-order valence-corrected chi connectivity index (χ2v) is 8.35. The van der Waals surface area contributed by atoms with Crippen molar-refractivity contribution in [3.63, 3.8) is 0 Å². The van der Waals surface area contributed by atoms with E-state index in [0.29, 0.717) is 38.2 Å². The molecular formula is C18H26N2O4S. The van der Waals surface area contributed by atoms with Crippen LogP contribution in [0, 0.1) is 0 Å². The van der Waals surface area contributed by atoms with Crippen molar-refractivity contribution >= 4 is 21.7 Å². The van der Waals surface area contributed by atoms with Crippen LogP contribution < -0.4 is 0 Å². The summed E-state index contributed by atoms with van der Waals surface area (Å²) in [6, 6.07) is 7.48. The second kappa shape index (κ2) is 8.58. The zero-order valence-electron chi connectivity index (χ0n) is 14.9. The van der Waals surface area contributed by atoms with E-state index in [2.05, 4.69) is 6.92 Å². The van der Waals surface area contributed by atoms with E-state index in [-0.39, 0.29) is 24.5 Å². The van der Waals surface area contributed by atoms with Crippen molar-refractivity contribution < 1.29 is 18.0 Å². The fourth-order valence-electron chi connectivity index (χ4n) is 2.92. The van der Waals surface area contributed by atoms with Crippen molar-refractivity contribution in [2.75, 3.05) is 32.4 Å². The molecule has 1 fully saturated rings. The number of hydrogen-bond donors (Lipinski definition) is 0. The molecule has 7 heteroatoms. The molecule has 1 aromatic carbocycles. The standard InChI is InChI=1S/C18H26N2O4S/c1-3-15-5-7-16(8-6-15)17(21)9-10-18(22)19-11-4-12-20(14-13-19)25(2,23)24/h5-8H,3-4,9-14H2,1-2H3. The van der Waals surface area contributed by atoms with Gasteiger partial charge in [-0.15, -0.1) is 0 Å². The van der Waals surface area contributed by atoms with Gasteiger partial charge in [0.1, 0.15) is 0 Å². The number of aryl methyl sites for hydroxylation is 1. The Morgan fingerprint density at radius 3 is 2.28 bits per heavy atom. The van der Waals surface area contributed by atoms with Crippen molar-refractivity contribution in [1.29, 1.82) is 0 Å². The topological polar surface area (TPSA) is 74.8 Å². The van der Waals surface area contributed by atoms with Gasteiger partial charge in [0.15, 0.2) is 5.78 Å². The number of rotatable bonds is 6. The summed E-state index contributed by atoms with van der Waals surface area (Å²) in [4.78, 5) is 26.2. The van der Waals surface area contributed by atoms with Gasteiger partial charge in [0, 0.05) is 44.6 Å². The highest BCUT2D eigenvalue weighted by Crippen LogP contribution is 2.12. The molecule has 1 aliphatic heterocycles. The molecule has 6 nitrogen and oxygen atoms in total. The smallest absolute Gasteiger partial charge is 0.223 e. The first-order chi connectivity index (χ1) is 11.8. The fourth-order valence-corrected chi connectivity index (χ4v) is 3.80. The Bertz CT molecular complexity index is 713. The number of Topliss-reactive ketones (excluding diaryl/α,β-unsaturated/α-hetero) is 1. The molecule has 0 aromatic heterocycles. The number of sulfonamides is 1. The van der Waals surface area contributed by atoms with Crippen molar-refractivity contribution in [1.82, 2.24) is 9.21 Å². The highest BCUT2D eigenvalue weighted by Gasteiger charge is 2.24. The van der Waals surface area contributed by atoms with Crippen molar-refractivity contribution in [3.8, 4) is 0 Å². The van der Waals surface area contributed by atoms with E-state index < -0.39 is 10.0 Å². The van der Waals surface area contributed by atoms with E-state index in [4.69, 9.17) is 0 Å². The Kier molecular flexibility index (Phi) is 6.72. The first-order valence-corrected chi connectivity index (χ1v) is 10.5. The molecule has 25 heavy (non-hydrogen) atoms. The van der Waals surface area contributed by atoms with Gasteiger partial charge in [-0.1, -0.05) is 31.2 Å². The molecule has 1 amide bonds. The minimum atomic E-state index is -3.22. The maximum absolute atomic E-state index is 12.3. The zero-order chi connectivity index (χ0) is 18.4. The monoisotopic (exact) mass is 366 g/mol. The number of carbonyl (C=O) groups excluding carboxylic acids is 2. The molecule has 0 aliphatic carbocycles. The van der Waals surface area contributed by atoms with Gasteiger partial charge in [-0.3, -0.25) is 9.59 Å². The lowest BCUT2D eigenvalue weighted by molar-refractivity contribution is -0.131. The minimum Gasteiger partial charge on any atom is -0.341 e. The Labute approximate surface area is 149 Å². The molecule has 1 aromatic rings. The van der Waals surface area contributed by atoms with Gasteiger partial charge in [0.05, 0.1) is 6.26 Å². The number of carbonyl (C=O) groups is 2. The van der Waals surface area contributed by atoms with Crippen LogP contribution in [0.4, 0.5) is 0 Å². The molecule has 0 radical (unpaired) electrons. The van der Waals surface area contributed by atoms with E-state index in [1.54, 1.807) is 4.90 Å². The molecule has 0 saturated carbocycles. The van der Waals surface area contributed by atoms with Crippen LogP contribution in [0.5, 0.6) is 0 Å². The Hall–Kier alpha value is -1.73. The number of hydrogen-bond acceptors (Lipinski definition) is 4. The third kappa shape index (κ3) is 5.64. The quantitative estimate of drug-likeness (QED) is 0.718. The zero-order valence-corrected chi connectivity index (χ0v) is 15.7. The summed E-state index contributed by atoms with van der Waals surface area (Å²) in [6.07, 6.45) is 3.06. The predicted octanol–water partition coefficient (Wildman–Crippen LogP) is 1.71. The van der Waals surface area contributed by atoms with Crippen molar-refractivity contribution in [2.45, 2.75) is 32.6 Å². The van der Waals surface area contributed by atoms with Crippen LogP contribution in [0.15, 0.2) is 24.3 Å². The van der Waals surface area contributed by atoms with Gasteiger partial charge < -0.3 is 4.90 Å². The summed E-state index contributed by atoms with van der Waals surface area (Å²) in [5.41, 5.74) is 1.80. The summed E-state index contributed by atoms with van der Waals surface area (Å²) < 4.78 is 24.6. The SMILES string of the molecule is CCc1ccc(C(=O)CCC(=O)N2CCCN(S(C)(=O)=O)CC2)cc1. The first-order valence-electron chi connectivity index (χ1n) is 8.66. The minimum absolute atomic E-state index is 0.0383. The van der Waals surface area contributed by atoms with Gasteiger partial charge in [-0.25, -0.2) is 12.7 Å². The number of nitrogens with zero attached hydrogens (tertiary/aromatic N) is 2. The Morgan fingerprint density at radius 2 is 1.68 bits per heavy atom. The van der Waals surface area contributed by atoms with E-state index in [9.17, 15) is 18.0 Å². The van der Waals surface area contributed by atoms with E-state index in [1.807, 2.05) is 24.3 Å². The summed E-state index contributed by atoms with van der Waals surface area (Å²) in [5, 5.41) is 0. The predicted molar refractivity (Wildman–Crippen MR) is 97.0 cm³/mol. The number of ketones is 1. The molecular weight excluding hydrogens is 340 g/mol. The summed E-state index contributed by atoms with van der Waals surface area (Å²) in [7, 11) is -3.22. The average molecular weight is 366 g/mol. The summed E-state index contributed by atoms with van der Waals surface area (Å²) in [5.74, 6) is -0.127.